The van der Waals surface area contributed by atoms with Gasteiger partial charge in [0, 0.05) is 37.6 Å². The Bertz CT molecular complexity index is 599. The van der Waals surface area contributed by atoms with Crippen molar-refractivity contribution in [1.82, 2.24) is 4.90 Å². The molecule has 25 heavy (non-hydrogen) atoms. The van der Waals surface area contributed by atoms with Gasteiger partial charge in [0.25, 0.3) is 0 Å². The van der Waals surface area contributed by atoms with E-state index in [1.54, 1.807) is 12.0 Å². The number of amides is 1. The summed E-state index contributed by atoms with van der Waals surface area (Å²) in [6.07, 6.45) is 4.41. The molecule has 1 heterocycles. The first-order valence-electron chi connectivity index (χ1n) is 8.94. The van der Waals surface area contributed by atoms with Crippen LogP contribution in [0.1, 0.15) is 37.2 Å². The smallest absolute Gasteiger partial charge is 0.409 e. The number of aliphatic hydroxyl groups excluding tert-OH is 1. The summed E-state index contributed by atoms with van der Waals surface area (Å²) in [7, 11) is 3.02. The molecule has 1 aliphatic carbocycles. The highest BCUT2D eigenvalue weighted by molar-refractivity contribution is 5.68. The van der Waals surface area contributed by atoms with Crippen LogP contribution in [0.3, 0.4) is 0 Å². The number of hydrogen-bond donors (Lipinski definition) is 1. The average molecular weight is 349 g/mol. The SMILES string of the molecule is COC(=O)N1C[C@@H](CO)[C@H](c2ccc(OC)cc2OC2CCCC2)C1. The molecule has 0 aromatic heterocycles. The molecule has 0 spiro atoms. The van der Waals surface area contributed by atoms with Gasteiger partial charge in [-0.2, -0.15) is 0 Å². The van der Waals surface area contributed by atoms with Gasteiger partial charge in [0.2, 0.25) is 0 Å². The van der Waals surface area contributed by atoms with E-state index in [0.29, 0.717) is 13.1 Å². The Kier molecular flexibility index (Phi) is 5.68. The fraction of sp³-hybridized carbons (Fsp3) is 0.632. The Morgan fingerprint density at radius 2 is 2.00 bits per heavy atom. The lowest BCUT2D eigenvalue weighted by Crippen LogP contribution is -2.28. The van der Waals surface area contributed by atoms with E-state index in [0.717, 1.165) is 29.9 Å². The fourth-order valence-corrected chi connectivity index (χ4v) is 3.92. The van der Waals surface area contributed by atoms with Gasteiger partial charge in [-0.3, -0.25) is 0 Å². The molecule has 0 bridgehead atoms. The Morgan fingerprint density at radius 3 is 2.64 bits per heavy atom. The summed E-state index contributed by atoms with van der Waals surface area (Å²) in [5.74, 6) is 1.55. The van der Waals surface area contributed by atoms with E-state index in [1.807, 2.05) is 18.2 Å². The van der Waals surface area contributed by atoms with Gasteiger partial charge in [0.1, 0.15) is 11.5 Å². The molecular formula is C19H27NO5. The minimum Gasteiger partial charge on any atom is -0.497 e. The van der Waals surface area contributed by atoms with Crippen LogP contribution in [-0.2, 0) is 4.74 Å². The fourth-order valence-electron chi connectivity index (χ4n) is 3.92. The molecule has 1 saturated carbocycles. The number of aliphatic hydroxyl groups is 1. The molecule has 0 radical (unpaired) electrons. The number of nitrogens with zero attached hydrogens (tertiary/aromatic N) is 1. The zero-order chi connectivity index (χ0) is 17.8. The van der Waals surface area contributed by atoms with E-state index < -0.39 is 0 Å². The molecule has 2 fully saturated rings. The topological polar surface area (TPSA) is 68.2 Å². The maximum absolute atomic E-state index is 11.9. The minimum atomic E-state index is -0.354. The van der Waals surface area contributed by atoms with Gasteiger partial charge in [-0.1, -0.05) is 6.07 Å². The molecule has 1 saturated heterocycles. The van der Waals surface area contributed by atoms with Gasteiger partial charge < -0.3 is 24.2 Å². The van der Waals surface area contributed by atoms with E-state index in [2.05, 4.69) is 0 Å². The van der Waals surface area contributed by atoms with Gasteiger partial charge in [0.15, 0.2) is 0 Å². The summed E-state index contributed by atoms with van der Waals surface area (Å²) in [5.41, 5.74) is 1.03. The number of hydrogen-bond acceptors (Lipinski definition) is 5. The second kappa shape index (κ2) is 7.95. The maximum atomic E-state index is 11.9. The largest absolute Gasteiger partial charge is 0.497 e. The Labute approximate surface area is 148 Å². The van der Waals surface area contributed by atoms with Crippen LogP contribution in [0.15, 0.2) is 18.2 Å². The molecule has 138 valence electrons. The third kappa shape index (κ3) is 3.84. The van der Waals surface area contributed by atoms with Crippen molar-refractivity contribution in [1.29, 1.82) is 0 Å². The molecule has 1 amide bonds. The number of likely N-dealkylation sites (tertiary alicyclic amines) is 1. The highest BCUT2D eigenvalue weighted by Crippen LogP contribution is 2.40. The van der Waals surface area contributed by atoms with Gasteiger partial charge >= 0.3 is 6.09 Å². The summed E-state index contributed by atoms with van der Waals surface area (Å²) in [5, 5.41) is 9.80. The second-order valence-electron chi connectivity index (χ2n) is 6.85. The van der Waals surface area contributed by atoms with E-state index in [4.69, 9.17) is 14.2 Å². The number of ether oxygens (including phenoxy) is 3. The quantitative estimate of drug-likeness (QED) is 0.885. The van der Waals surface area contributed by atoms with Crippen LogP contribution in [0.25, 0.3) is 0 Å². The van der Waals surface area contributed by atoms with Crippen molar-refractivity contribution < 1.29 is 24.1 Å². The van der Waals surface area contributed by atoms with Crippen LogP contribution in [0.2, 0.25) is 0 Å². The summed E-state index contributed by atoms with van der Waals surface area (Å²) in [6.45, 7) is 1.03. The number of carbonyl (C=O) groups is 1. The molecule has 1 aromatic rings. The van der Waals surface area contributed by atoms with Crippen LogP contribution in [0.5, 0.6) is 11.5 Å². The Hall–Kier alpha value is -1.95. The molecule has 1 N–H and O–H groups in total. The standard InChI is InChI=1S/C19H27NO5/c1-23-15-7-8-16(18(9-15)25-14-5-3-4-6-14)17-11-20(19(22)24-2)10-13(17)12-21/h7-9,13-14,17,21H,3-6,10-12H2,1-2H3/t13-,17+/m0/s1. The summed E-state index contributed by atoms with van der Waals surface area (Å²) in [6, 6.07) is 5.83. The van der Waals surface area contributed by atoms with E-state index in [1.165, 1.54) is 20.0 Å². The van der Waals surface area contributed by atoms with Crippen molar-refractivity contribution in [2.24, 2.45) is 5.92 Å². The first-order valence-corrected chi connectivity index (χ1v) is 8.94. The predicted octanol–water partition coefficient (Wildman–Crippen LogP) is 2.79. The van der Waals surface area contributed by atoms with Crippen LogP contribution < -0.4 is 9.47 Å². The zero-order valence-electron chi connectivity index (χ0n) is 14.9. The van der Waals surface area contributed by atoms with Crippen LogP contribution in [0.4, 0.5) is 4.79 Å². The van der Waals surface area contributed by atoms with Crippen molar-refractivity contribution >= 4 is 6.09 Å². The van der Waals surface area contributed by atoms with Crippen molar-refractivity contribution in [2.45, 2.75) is 37.7 Å². The van der Waals surface area contributed by atoms with E-state index in [9.17, 15) is 9.90 Å². The third-order valence-electron chi connectivity index (χ3n) is 5.32. The molecule has 1 aromatic carbocycles. The molecule has 2 atom stereocenters. The van der Waals surface area contributed by atoms with Gasteiger partial charge in [-0.05, 0) is 37.3 Å². The van der Waals surface area contributed by atoms with Gasteiger partial charge in [-0.15, -0.1) is 0 Å². The highest BCUT2D eigenvalue weighted by atomic mass is 16.5. The molecule has 0 unspecified atom stereocenters. The molecule has 6 heteroatoms. The average Bonchev–Trinajstić information content (AvgIpc) is 3.30. The lowest BCUT2D eigenvalue weighted by atomic mass is 9.88. The molecular weight excluding hydrogens is 322 g/mol. The van der Waals surface area contributed by atoms with Gasteiger partial charge in [0.05, 0.1) is 20.3 Å². The van der Waals surface area contributed by atoms with Crippen LogP contribution >= 0.6 is 0 Å². The van der Waals surface area contributed by atoms with Crippen LogP contribution in [0, 0.1) is 5.92 Å². The normalized spacial score (nSPS) is 23.7. The Morgan fingerprint density at radius 1 is 1.24 bits per heavy atom. The van der Waals surface area contributed by atoms with Crippen LogP contribution in [-0.4, -0.2) is 56.1 Å². The maximum Gasteiger partial charge on any atom is 0.409 e. The lowest BCUT2D eigenvalue weighted by molar-refractivity contribution is 0.129. The minimum absolute atomic E-state index is 0.0198. The predicted molar refractivity (Wildman–Crippen MR) is 93.2 cm³/mol. The van der Waals surface area contributed by atoms with Crippen molar-refractivity contribution in [3.63, 3.8) is 0 Å². The number of methoxy groups -OCH3 is 2. The van der Waals surface area contributed by atoms with E-state index >= 15 is 0 Å². The zero-order valence-corrected chi connectivity index (χ0v) is 14.9. The summed E-state index contributed by atoms with van der Waals surface area (Å²) in [4.78, 5) is 13.5. The molecule has 3 rings (SSSR count). The van der Waals surface area contributed by atoms with Crippen molar-refractivity contribution in [3.8, 4) is 11.5 Å². The summed E-state index contributed by atoms with van der Waals surface area (Å²) < 4.78 is 16.5. The van der Waals surface area contributed by atoms with E-state index in [-0.39, 0.29) is 30.6 Å². The van der Waals surface area contributed by atoms with Gasteiger partial charge in [-0.25, -0.2) is 4.79 Å². The first kappa shape index (κ1) is 17.9. The molecule has 2 aliphatic rings. The van der Waals surface area contributed by atoms with Crippen molar-refractivity contribution in [2.75, 3.05) is 33.9 Å². The third-order valence-corrected chi connectivity index (χ3v) is 5.32. The molecule has 1 aliphatic heterocycles. The number of rotatable bonds is 5. The number of carbonyl (C=O) groups excluding carboxylic acids is 1. The van der Waals surface area contributed by atoms with Crippen molar-refractivity contribution in [3.05, 3.63) is 23.8 Å². The Balaban J connectivity index is 1.87. The lowest BCUT2D eigenvalue weighted by Gasteiger charge is -2.23. The molecule has 6 nitrogen and oxygen atoms in total. The monoisotopic (exact) mass is 349 g/mol. The summed E-state index contributed by atoms with van der Waals surface area (Å²) >= 11 is 0. The number of benzene rings is 1. The first-order chi connectivity index (χ1) is 12.2. The highest BCUT2D eigenvalue weighted by Gasteiger charge is 2.38. The second-order valence-corrected chi connectivity index (χ2v) is 6.85.